The van der Waals surface area contributed by atoms with Crippen molar-refractivity contribution in [1.82, 2.24) is 58.7 Å². The van der Waals surface area contributed by atoms with E-state index < -0.39 is 166 Å². The Morgan fingerprint density at radius 2 is 0.793 bits per heavy atom. The maximum atomic E-state index is 14.8. The van der Waals surface area contributed by atoms with Gasteiger partial charge in [0.2, 0.25) is 41.4 Å². The van der Waals surface area contributed by atoms with Crippen molar-refractivity contribution in [2.45, 2.75) is 133 Å². The van der Waals surface area contributed by atoms with Crippen LogP contribution in [0.3, 0.4) is 0 Å². The number of fused-ring (bicyclic) bond motifs is 9. The molecule has 0 radical (unpaired) electrons. The molecule has 0 bridgehead atoms. The molecular weight excluding hydrogens is 1870 g/mol. The summed E-state index contributed by atoms with van der Waals surface area (Å²) in [5, 5.41) is 59.8. The molecule has 2 fully saturated rings. The lowest BCUT2D eigenvalue weighted by molar-refractivity contribution is -0.139. The molecule has 3 aliphatic heterocycles. The van der Waals surface area contributed by atoms with Crippen LogP contribution in [-0.2, 0) is 76.5 Å². The van der Waals surface area contributed by atoms with Gasteiger partial charge in [0.1, 0.15) is 70.5 Å². The van der Waals surface area contributed by atoms with E-state index in [-0.39, 0.29) is 91.3 Å². The number of para-hydroxylation sites is 6. The van der Waals surface area contributed by atoms with Crippen LogP contribution in [0.25, 0.3) is 22.3 Å². The summed E-state index contributed by atoms with van der Waals surface area (Å²) in [6, 6.07) is 44.1. The van der Waals surface area contributed by atoms with E-state index in [4.69, 9.17) is 25.1 Å². The number of urea groups is 2. The lowest BCUT2D eigenvalue weighted by Gasteiger charge is -2.27. The molecule has 16 N–H and O–H groups in total. The maximum absolute atomic E-state index is 14.8. The number of aliphatic carboxylic acids is 1. The molecule has 0 aromatic heterocycles. The summed E-state index contributed by atoms with van der Waals surface area (Å²) >= 11 is 0. The van der Waals surface area contributed by atoms with E-state index in [9.17, 15) is 91.7 Å². The Hall–Kier alpha value is -15.9. The van der Waals surface area contributed by atoms with Crippen LogP contribution in [0.5, 0.6) is 0 Å². The monoisotopic (exact) mass is 1990 g/mol. The molecule has 2 saturated carbocycles. The summed E-state index contributed by atoms with van der Waals surface area (Å²) < 4.78 is 16.9. The second-order valence-electron chi connectivity index (χ2n) is 35.6. The number of carboxylic acids is 1. The van der Waals surface area contributed by atoms with Crippen LogP contribution in [0.15, 0.2) is 180 Å². The van der Waals surface area contributed by atoms with E-state index in [1.807, 2.05) is 104 Å². The lowest BCUT2D eigenvalue weighted by atomic mass is 9.81. The molecule has 43 heteroatoms. The molecule has 0 spiro atoms. The zero-order valence-electron chi connectivity index (χ0n) is 81.0. The highest BCUT2D eigenvalue weighted by molar-refractivity contribution is 6.13. The number of aliphatic hydroxyl groups excluding tert-OH is 2. The topological polar surface area (TPSA) is 581 Å². The molecule has 43 nitrogen and oxygen atoms in total. The summed E-state index contributed by atoms with van der Waals surface area (Å²) in [6.45, 7) is 0.166. The van der Waals surface area contributed by atoms with Crippen LogP contribution >= 0.6 is 0 Å². The molecule has 7 aliphatic rings. The number of anilines is 6. The van der Waals surface area contributed by atoms with Crippen molar-refractivity contribution in [3.05, 3.63) is 192 Å². The smallest absolute Gasteiger partial charge is 0.481 e. The van der Waals surface area contributed by atoms with Gasteiger partial charge in [-0.3, -0.25) is 72.2 Å². The Labute approximate surface area is 836 Å². The summed E-state index contributed by atoms with van der Waals surface area (Å²) in [6.07, 6.45) is 7.78. The molecule has 6 atom stereocenters. The number of aliphatic hydroxyl groups is 2. The average molecular weight is 2000 g/mol. The molecule has 16 amide bonds. The van der Waals surface area contributed by atoms with Crippen LogP contribution in [0, 0.1) is 23.7 Å². The standard InChI is InChI=1S/C57H60N8O10.C27H40N8O6.C18H22N4O7/c1-3-37(29-60-63-55(70)59-28-35-24-26-36(27-25-35)53(68)58-2)61-51(66)31-65-50-23-13-12-22-49(50)64(52(67)34-75-57(72)74-33-47-44-20-10-6-16-40(44)41-17-7-11-21-45(41)47)30-48(54(65)69)62-56(71)73-32-46-42-18-8-4-14-38(42)39-15-5-9-19-43(39)46;1-3-19(13-31-33-27(41)30-12-17-8-10-18(11-9-17)25(39)29-2)32-23(37)15-35-22-7-5-4-6-21(22)34(24(38)16-36)14-20(28)26(35)40;1-19-12-7-21(16(26)10-24)13-4-2-3-5-14(13)22(18(12)29)8-15(25)20-11(9-23)6-17(27)28/h4-23,29,35-37,46-48H,3,24-28,30-34H2,1-2H3,(H,58,68)(H,61,66)(H,62,71)(H2,59,63,70);4-7,13,17-20,36H,3,8-12,14-16,28H2,1-2H3,(H,29,39)(H,32,37)(H2,30,33,41);2-5,9,11-12,19,24H,6-8,10H2,1H3,(H,20,25)(H,27,28)/b60-29+;31-13+;/t35?,36?,37-,48-;17?,18?,19-,20-;11-,12-/m000/s1. The van der Waals surface area contributed by atoms with Gasteiger partial charge in [-0.2, -0.15) is 10.2 Å². The van der Waals surface area contributed by atoms with Crippen molar-refractivity contribution in [3.8, 4) is 22.3 Å². The Morgan fingerprint density at radius 1 is 0.441 bits per heavy atom. The third kappa shape index (κ3) is 27.9. The Balaban J connectivity index is 0.000000223. The molecule has 0 saturated heterocycles. The normalized spacial score (nSPS) is 18.8. The number of rotatable bonds is 34. The van der Waals surface area contributed by atoms with Crippen LogP contribution < -0.4 is 93.8 Å². The first kappa shape index (κ1) is 108. The molecule has 145 heavy (non-hydrogen) atoms. The molecule has 0 unspecified atom stereocenters. The minimum absolute atomic E-state index is 0.0137. The number of ether oxygens (including phenoxy) is 3. The molecule has 7 aromatic carbocycles. The van der Waals surface area contributed by atoms with Crippen molar-refractivity contribution in [2.75, 3.05) is 136 Å². The summed E-state index contributed by atoms with van der Waals surface area (Å²) in [5.41, 5.74) is 20.7. The van der Waals surface area contributed by atoms with Crippen molar-refractivity contribution in [2.24, 2.45) is 39.6 Å². The van der Waals surface area contributed by atoms with Gasteiger partial charge >= 0.3 is 30.3 Å². The number of hydrogen-bond acceptors (Lipinski definition) is 26. The number of nitrogens with two attached hydrogens (primary N) is 1. The van der Waals surface area contributed by atoms with Gasteiger partial charge in [0.25, 0.3) is 23.6 Å². The average Bonchev–Trinajstić information content (AvgIpc) is 1.61. The fourth-order valence-corrected chi connectivity index (χ4v) is 18.7. The van der Waals surface area contributed by atoms with Gasteiger partial charge < -0.3 is 103 Å². The number of amides is 16. The van der Waals surface area contributed by atoms with Crippen LogP contribution in [0.4, 0.5) is 53.3 Å². The molecule has 7 aromatic rings. The van der Waals surface area contributed by atoms with Gasteiger partial charge in [-0.05, 0) is 164 Å². The van der Waals surface area contributed by atoms with Crippen molar-refractivity contribution >= 4 is 148 Å². The first-order chi connectivity index (χ1) is 70.0. The fraction of sp³-hybridized carbons (Fsp3) is 0.402. The first-order valence-electron chi connectivity index (χ1n) is 48.0. The van der Waals surface area contributed by atoms with E-state index in [1.165, 1.54) is 44.0 Å². The van der Waals surface area contributed by atoms with Gasteiger partial charge in [-0.15, -0.1) is 0 Å². The number of nitrogens with one attached hydrogen (secondary N) is 11. The van der Waals surface area contributed by atoms with Gasteiger partial charge in [0, 0.05) is 63.3 Å². The van der Waals surface area contributed by atoms with Crippen LogP contribution in [0.1, 0.15) is 119 Å². The molecule has 768 valence electrons. The first-order valence-corrected chi connectivity index (χ1v) is 48.0. The van der Waals surface area contributed by atoms with Crippen molar-refractivity contribution < 1.29 is 111 Å². The maximum Gasteiger partial charge on any atom is 0.508 e. The van der Waals surface area contributed by atoms with E-state index in [0.717, 1.165) is 101 Å². The highest BCUT2D eigenvalue weighted by Gasteiger charge is 2.43. The van der Waals surface area contributed by atoms with Gasteiger partial charge in [0.05, 0.1) is 78.3 Å². The molecular formula is C102H122N20O23. The number of alkyl carbamates (subject to hydrolysis) is 1. The minimum atomic E-state index is -1.45. The zero-order chi connectivity index (χ0) is 104. The summed E-state index contributed by atoms with van der Waals surface area (Å²) in [7, 11) is 4.79. The number of aldehydes is 1. The van der Waals surface area contributed by atoms with Crippen LogP contribution in [0.2, 0.25) is 0 Å². The number of likely N-dealkylation sites (N-methyl/N-ethyl adjacent to an activating group) is 1. The number of nitrogens with zero attached hydrogens (tertiary/aromatic N) is 8. The highest BCUT2D eigenvalue weighted by atomic mass is 16.7. The Bertz CT molecular complexity index is 5860. The molecule has 4 aliphatic carbocycles. The SMILES string of the molecule is CC[C@@H](/C=N/NC(=O)NCC1CCC(C(=O)NC)CC1)NC(=O)CN1C(=O)[C@@H](N)CN(C(=O)CO)c2ccccc21.CC[C@@H](/C=N/NC(=O)NCC1CCC(C(=O)NC)CC1)NC(=O)CN1C(=O)[C@@H](NC(=O)OCC2c3ccccc3-c3ccccc32)CN(C(=O)COC(=O)OCC2c3ccccc3-c3ccccc32)c2ccccc21.CN[C@H]1CN(C(=O)CO)c2ccccc2N(CC(=O)N[C@H](C=O)CC(=O)O)C1=O. The number of carboxylic acid groups (broad SMARTS) is 1. The Morgan fingerprint density at radius 3 is 1.17 bits per heavy atom. The Kier molecular flexibility index (Phi) is 38.9. The number of hydrazone groups is 2. The van der Waals surface area contributed by atoms with Crippen LogP contribution in [-0.4, -0.2) is 272 Å². The van der Waals surface area contributed by atoms with Gasteiger partial charge in [-0.25, -0.2) is 30.0 Å². The number of carbonyl (C=O) groups excluding carboxylic acids is 16. The quantitative estimate of drug-likeness (QED) is 0.0114. The van der Waals surface area contributed by atoms with Gasteiger partial charge in [0.15, 0.2) is 6.61 Å². The molecule has 3 heterocycles. The van der Waals surface area contributed by atoms with E-state index in [1.54, 1.807) is 93.8 Å². The lowest BCUT2D eigenvalue weighted by Crippen LogP contribution is -2.55. The minimum Gasteiger partial charge on any atom is -0.481 e. The van der Waals surface area contributed by atoms with Crippen molar-refractivity contribution in [1.29, 1.82) is 0 Å². The summed E-state index contributed by atoms with van der Waals surface area (Å²) in [5.74, 6) is -6.68. The fourth-order valence-electron chi connectivity index (χ4n) is 18.7. The van der Waals surface area contributed by atoms with Crippen molar-refractivity contribution in [3.63, 3.8) is 0 Å². The highest BCUT2D eigenvalue weighted by Crippen LogP contribution is 2.47. The number of hydrogen-bond donors (Lipinski definition) is 15. The van der Waals surface area contributed by atoms with E-state index >= 15 is 0 Å². The second kappa shape index (κ2) is 52.2. The predicted molar refractivity (Wildman–Crippen MR) is 535 cm³/mol. The number of benzene rings is 7. The van der Waals surface area contributed by atoms with Gasteiger partial charge in [-0.1, -0.05) is 147 Å². The predicted octanol–water partition coefficient (Wildman–Crippen LogP) is 4.49. The zero-order valence-corrected chi connectivity index (χ0v) is 81.0. The second-order valence-corrected chi connectivity index (χ2v) is 35.6. The third-order valence-corrected chi connectivity index (χ3v) is 26.3. The third-order valence-electron chi connectivity index (χ3n) is 26.3. The largest absolute Gasteiger partial charge is 0.508 e. The molecule has 14 rings (SSSR count). The van der Waals surface area contributed by atoms with E-state index in [2.05, 4.69) is 68.9 Å². The number of carbonyl (C=O) groups is 17. The van der Waals surface area contributed by atoms with E-state index in [0.29, 0.717) is 55.2 Å². The summed E-state index contributed by atoms with van der Waals surface area (Å²) in [4.78, 5) is 224.